The Kier molecular flexibility index (Phi) is 4.97. The number of ether oxygens (including phenoxy) is 2. The predicted molar refractivity (Wildman–Crippen MR) is 82.0 cm³/mol. The first-order valence-corrected chi connectivity index (χ1v) is 6.81. The molecule has 0 aliphatic rings. The second-order valence-electron chi connectivity index (χ2n) is 4.32. The molecule has 0 spiro atoms. The van der Waals surface area contributed by atoms with Gasteiger partial charge in [-0.3, -0.25) is 4.79 Å². The summed E-state index contributed by atoms with van der Waals surface area (Å²) in [7, 11) is 2.28. The Labute approximate surface area is 136 Å². The second-order valence-corrected chi connectivity index (χ2v) is 4.71. The largest absolute Gasteiger partial charge is 0.464 e. The number of rotatable bonds is 4. The number of esters is 2. The number of aromatic nitrogens is 2. The summed E-state index contributed by atoms with van der Waals surface area (Å²) in [5, 5.41) is 0. The van der Waals surface area contributed by atoms with Crippen molar-refractivity contribution in [3.05, 3.63) is 57.6 Å². The number of aromatic amines is 1. The molecule has 0 atom stereocenters. The van der Waals surface area contributed by atoms with E-state index >= 15 is 0 Å². The standard InChI is InChI=1S/C15H12N2O5S/c1-21-13(19)10-9(12(18)8-6-4-3-5-7-8)11(14(20)22-2)17-15(23)16-10/h3-7H,1-2H3,(H,16,17,23). The first-order valence-electron chi connectivity index (χ1n) is 6.40. The van der Waals surface area contributed by atoms with Crippen molar-refractivity contribution in [1.82, 2.24) is 9.97 Å². The van der Waals surface area contributed by atoms with Crippen LogP contribution in [0.1, 0.15) is 36.9 Å². The third kappa shape index (κ3) is 3.32. The lowest BCUT2D eigenvalue weighted by atomic mass is 10.00. The normalized spacial score (nSPS) is 10.0. The first-order chi connectivity index (χ1) is 11.0. The van der Waals surface area contributed by atoms with Crippen LogP contribution in [-0.2, 0) is 9.47 Å². The summed E-state index contributed by atoms with van der Waals surface area (Å²) < 4.78 is 9.11. The molecule has 0 bridgehead atoms. The Bertz CT molecular complexity index is 789. The molecule has 0 amide bonds. The van der Waals surface area contributed by atoms with E-state index in [9.17, 15) is 14.4 Å². The zero-order chi connectivity index (χ0) is 17.0. The monoisotopic (exact) mass is 332 g/mol. The third-order valence-electron chi connectivity index (χ3n) is 2.96. The molecule has 2 rings (SSSR count). The van der Waals surface area contributed by atoms with Gasteiger partial charge in [0, 0.05) is 5.56 Å². The van der Waals surface area contributed by atoms with Gasteiger partial charge in [-0.25, -0.2) is 14.6 Å². The van der Waals surface area contributed by atoms with Crippen molar-refractivity contribution in [2.75, 3.05) is 14.2 Å². The topological polar surface area (TPSA) is 98.3 Å². The average Bonchev–Trinajstić information content (AvgIpc) is 2.59. The van der Waals surface area contributed by atoms with E-state index in [0.29, 0.717) is 0 Å². The molecule has 1 aromatic carbocycles. The molecule has 0 unspecified atom stereocenters. The molecule has 0 radical (unpaired) electrons. The van der Waals surface area contributed by atoms with Gasteiger partial charge in [0.15, 0.2) is 16.2 Å². The van der Waals surface area contributed by atoms with Gasteiger partial charge in [-0.1, -0.05) is 30.3 Å². The molecule has 7 nitrogen and oxygen atoms in total. The van der Waals surface area contributed by atoms with Crippen molar-refractivity contribution in [2.24, 2.45) is 0 Å². The smallest absolute Gasteiger partial charge is 0.357 e. The third-order valence-corrected chi connectivity index (χ3v) is 3.16. The molecular weight excluding hydrogens is 320 g/mol. The Morgan fingerprint density at radius 1 is 1.04 bits per heavy atom. The van der Waals surface area contributed by atoms with E-state index in [1.54, 1.807) is 30.3 Å². The molecule has 0 aliphatic heterocycles. The highest BCUT2D eigenvalue weighted by molar-refractivity contribution is 7.71. The van der Waals surface area contributed by atoms with Gasteiger partial charge in [0.25, 0.3) is 0 Å². The predicted octanol–water partition coefficient (Wildman–Crippen LogP) is 1.94. The number of ketones is 1. The van der Waals surface area contributed by atoms with Gasteiger partial charge in [-0.05, 0) is 12.2 Å². The van der Waals surface area contributed by atoms with Crippen molar-refractivity contribution in [2.45, 2.75) is 0 Å². The Morgan fingerprint density at radius 3 is 2.22 bits per heavy atom. The van der Waals surface area contributed by atoms with Crippen molar-refractivity contribution in [3.8, 4) is 0 Å². The number of benzene rings is 1. The van der Waals surface area contributed by atoms with E-state index in [-0.39, 0.29) is 27.3 Å². The quantitative estimate of drug-likeness (QED) is 0.519. The molecule has 0 aliphatic carbocycles. The highest BCUT2D eigenvalue weighted by Gasteiger charge is 2.28. The number of methoxy groups -OCH3 is 2. The van der Waals surface area contributed by atoms with E-state index < -0.39 is 17.7 Å². The molecule has 0 fully saturated rings. The van der Waals surface area contributed by atoms with Crippen LogP contribution < -0.4 is 0 Å². The zero-order valence-electron chi connectivity index (χ0n) is 12.3. The van der Waals surface area contributed by atoms with Crippen LogP contribution in [0.2, 0.25) is 0 Å². The fourth-order valence-corrected chi connectivity index (χ4v) is 2.12. The minimum Gasteiger partial charge on any atom is -0.464 e. The van der Waals surface area contributed by atoms with Gasteiger partial charge in [-0.2, -0.15) is 0 Å². The molecular formula is C15H12N2O5S. The number of hydrogen-bond donors (Lipinski definition) is 1. The van der Waals surface area contributed by atoms with Crippen LogP contribution in [0.15, 0.2) is 30.3 Å². The SMILES string of the molecule is COC(=O)c1nc(=S)[nH]c(C(=O)OC)c1C(=O)c1ccccc1. The first kappa shape index (κ1) is 16.5. The number of hydrogen-bond acceptors (Lipinski definition) is 7. The summed E-state index contributed by atoms with van der Waals surface area (Å²) in [6, 6.07) is 8.14. The van der Waals surface area contributed by atoms with Crippen LogP contribution in [0.5, 0.6) is 0 Å². The van der Waals surface area contributed by atoms with Crippen molar-refractivity contribution in [3.63, 3.8) is 0 Å². The van der Waals surface area contributed by atoms with Crippen molar-refractivity contribution < 1.29 is 23.9 Å². The summed E-state index contributed by atoms with van der Waals surface area (Å²) in [5.74, 6) is -2.30. The van der Waals surface area contributed by atoms with Crippen molar-refractivity contribution in [1.29, 1.82) is 0 Å². The summed E-state index contributed by atoms with van der Waals surface area (Å²) >= 11 is 4.89. The number of nitrogens with zero attached hydrogens (tertiary/aromatic N) is 1. The maximum atomic E-state index is 12.7. The molecule has 1 heterocycles. The van der Waals surface area contributed by atoms with Gasteiger partial charge >= 0.3 is 11.9 Å². The minimum absolute atomic E-state index is 0.143. The number of carbonyl (C=O) groups excluding carboxylic acids is 3. The van der Waals surface area contributed by atoms with Crippen LogP contribution in [-0.4, -0.2) is 41.9 Å². The van der Waals surface area contributed by atoms with Gasteiger partial charge in [0.05, 0.1) is 19.8 Å². The molecule has 0 saturated heterocycles. The Balaban J connectivity index is 2.77. The molecule has 1 aromatic heterocycles. The van der Waals surface area contributed by atoms with Gasteiger partial charge < -0.3 is 14.5 Å². The van der Waals surface area contributed by atoms with Gasteiger partial charge in [0.1, 0.15) is 5.69 Å². The maximum Gasteiger partial charge on any atom is 0.357 e. The van der Waals surface area contributed by atoms with E-state index in [0.717, 1.165) is 14.2 Å². The van der Waals surface area contributed by atoms with E-state index in [1.165, 1.54) is 0 Å². The van der Waals surface area contributed by atoms with Gasteiger partial charge in [-0.15, -0.1) is 0 Å². The number of H-pyrrole nitrogens is 1. The highest BCUT2D eigenvalue weighted by Crippen LogP contribution is 2.18. The Morgan fingerprint density at radius 2 is 1.65 bits per heavy atom. The fraction of sp³-hybridized carbons (Fsp3) is 0.133. The van der Waals surface area contributed by atoms with Gasteiger partial charge in [0.2, 0.25) is 0 Å². The summed E-state index contributed by atoms with van der Waals surface area (Å²) in [5.41, 5.74) is -0.564. The van der Waals surface area contributed by atoms with E-state index in [1.807, 2.05) is 0 Å². The second kappa shape index (κ2) is 6.93. The van der Waals surface area contributed by atoms with E-state index in [4.69, 9.17) is 12.2 Å². The van der Waals surface area contributed by atoms with Crippen LogP contribution in [0.4, 0.5) is 0 Å². The molecule has 2 aromatic rings. The maximum absolute atomic E-state index is 12.7. The molecule has 0 saturated carbocycles. The summed E-state index contributed by atoms with van der Waals surface area (Å²) in [4.78, 5) is 42.9. The minimum atomic E-state index is -0.880. The van der Waals surface area contributed by atoms with Crippen LogP contribution in [0.25, 0.3) is 0 Å². The lowest BCUT2D eigenvalue weighted by Gasteiger charge is -2.10. The fourth-order valence-electron chi connectivity index (χ4n) is 1.93. The van der Waals surface area contributed by atoms with E-state index in [2.05, 4.69) is 19.4 Å². The zero-order valence-corrected chi connectivity index (χ0v) is 13.1. The summed E-state index contributed by atoms with van der Waals surface area (Å²) in [6.07, 6.45) is 0. The van der Waals surface area contributed by atoms with Crippen LogP contribution in [0, 0.1) is 4.77 Å². The summed E-state index contributed by atoms with van der Waals surface area (Å²) in [6.45, 7) is 0. The lowest BCUT2D eigenvalue weighted by Crippen LogP contribution is -2.21. The van der Waals surface area contributed by atoms with Crippen LogP contribution in [0.3, 0.4) is 0 Å². The number of carbonyl (C=O) groups is 3. The average molecular weight is 332 g/mol. The number of nitrogens with one attached hydrogen (secondary N) is 1. The highest BCUT2D eigenvalue weighted by atomic mass is 32.1. The molecule has 118 valence electrons. The lowest BCUT2D eigenvalue weighted by molar-refractivity contribution is 0.0582. The Hall–Kier alpha value is -2.87. The van der Waals surface area contributed by atoms with Crippen molar-refractivity contribution >= 4 is 29.9 Å². The molecule has 23 heavy (non-hydrogen) atoms. The van der Waals surface area contributed by atoms with Crippen LogP contribution >= 0.6 is 12.2 Å². The molecule has 1 N–H and O–H groups in total. The molecule has 8 heteroatoms.